The van der Waals surface area contributed by atoms with E-state index in [9.17, 15) is 27.2 Å². The molecule has 0 saturated carbocycles. The fraction of sp³-hybridized carbons (Fsp3) is 0.0769. The molecule has 2 aromatic heterocycles. The summed E-state index contributed by atoms with van der Waals surface area (Å²) < 4.78 is 51.2. The van der Waals surface area contributed by atoms with Crippen LogP contribution < -0.4 is 10.9 Å². The van der Waals surface area contributed by atoms with Gasteiger partial charge in [0.15, 0.2) is 0 Å². The Hall–Kier alpha value is -3.24. The molecule has 0 bridgehead atoms. The number of carbonyl (C=O) groups is 1. The van der Waals surface area contributed by atoms with Gasteiger partial charge in [-0.1, -0.05) is 0 Å². The number of nitrogens with zero attached hydrogens (tertiary/aromatic N) is 3. The van der Waals surface area contributed by atoms with Crippen LogP contribution in [0.3, 0.4) is 0 Å². The Kier molecular flexibility index (Phi) is 3.55. The molecule has 1 amide bonds. The number of rotatable bonds is 2. The summed E-state index contributed by atoms with van der Waals surface area (Å²) in [5.74, 6) is -3.14. The maximum absolute atomic E-state index is 12.8. The van der Waals surface area contributed by atoms with E-state index in [1.54, 1.807) is 0 Å². The molecular formula is C13H7F4N5O2. The second-order valence-corrected chi connectivity index (χ2v) is 4.66. The van der Waals surface area contributed by atoms with Crippen molar-refractivity contribution in [2.75, 3.05) is 5.32 Å². The maximum Gasteiger partial charge on any atom is 0.453 e. The van der Waals surface area contributed by atoms with E-state index < -0.39 is 35.1 Å². The molecule has 0 aliphatic heterocycles. The first-order chi connectivity index (χ1) is 11.2. The van der Waals surface area contributed by atoms with Crippen molar-refractivity contribution >= 4 is 17.4 Å². The average molecular weight is 341 g/mol. The molecule has 24 heavy (non-hydrogen) atoms. The summed E-state index contributed by atoms with van der Waals surface area (Å²) in [6, 6.07) is 4.48. The number of aromatic amines is 1. The molecule has 2 heterocycles. The van der Waals surface area contributed by atoms with Crippen LogP contribution in [-0.4, -0.2) is 25.5 Å². The van der Waals surface area contributed by atoms with E-state index >= 15 is 0 Å². The Morgan fingerprint density at radius 1 is 1.21 bits per heavy atom. The summed E-state index contributed by atoms with van der Waals surface area (Å²) in [6.45, 7) is 0. The molecule has 0 spiro atoms. The van der Waals surface area contributed by atoms with Gasteiger partial charge < -0.3 is 5.32 Å². The number of nitrogens with one attached hydrogen (secondary N) is 2. The first-order valence-electron chi connectivity index (χ1n) is 6.38. The second-order valence-electron chi connectivity index (χ2n) is 4.66. The molecule has 0 fully saturated rings. The van der Waals surface area contributed by atoms with Crippen LogP contribution in [0.4, 0.5) is 23.2 Å². The van der Waals surface area contributed by atoms with Crippen LogP contribution in [-0.2, 0) is 6.18 Å². The Labute approximate surface area is 129 Å². The number of hydrogen-bond acceptors (Lipinski definition) is 4. The molecule has 0 saturated heterocycles. The van der Waals surface area contributed by atoms with Crippen molar-refractivity contribution in [2.45, 2.75) is 6.18 Å². The lowest BCUT2D eigenvalue weighted by Crippen LogP contribution is -2.21. The third kappa shape index (κ3) is 2.95. The quantitative estimate of drug-likeness (QED) is 0.696. The number of alkyl halides is 3. The molecule has 0 aliphatic rings. The maximum atomic E-state index is 12.8. The summed E-state index contributed by atoms with van der Waals surface area (Å²) >= 11 is 0. The first-order valence-corrected chi connectivity index (χ1v) is 6.38. The zero-order valence-corrected chi connectivity index (χ0v) is 11.6. The molecule has 0 aliphatic carbocycles. The Bertz CT molecular complexity index is 975. The topological polar surface area (TPSA) is 92.2 Å². The van der Waals surface area contributed by atoms with Gasteiger partial charge in [-0.3, -0.25) is 14.6 Å². The van der Waals surface area contributed by atoms with Gasteiger partial charge in [0, 0.05) is 5.56 Å². The highest BCUT2D eigenvalue weighted by Crippen LogP contribution is 2.26. The number of hydrogen-bond donors (Lipinski definition) is 2. The summed E-state index contributed by atoms with van der Waals surface area (Å²) in [6.07, 6.45) is -3.88. The molecule has 1 aromatic carbocycles. The number of benzene rings is 1. The zero-order valence-electron chi connectivity index (χ0n) is 11.6. The molecule has 0 unspecified atom stereocenters. The van der Waals surface area contributed by atoms with Crippen molar-refractivity contribution < 1.29 is 22.4 Å². The van der Waals surface area contributed by atoms with E-state index in [2.05, 4.69) is 20.4 Å². The van der Waals surface area contributed by atoms with Gasteiger partial charge in [-0.2, -0.15) is 18.2 Å². The van der Waals surface area contributed by atoms with Crippen molar-refractivity contribution in [3.63, 3.8) is 0 Å². The van der Waals surface area contributed by atoms with E-state index in [1.807, 2.05) is 0 Å². The lowest BCUT2D eigenvalue weighted by molar-refractivity contribution is -0.144. The molecule has 11 heteroatoms. The largest absolute Gasteiger partial charge is 0.453 e. The van der Waals surface area contributed by atoms with Gasteiger partial charge in [0.05, 0.1) is 6.20 Å². The third-order valence-corrected chi connectivity index (χ3v) is 2.96. The van der Waals surface area contributed by atoms with Gasteiger partial charge in [0.25, 0.3) is 17.3 Å². The average Bonchev–Trinajstić information content (AvgIpc) is 2.91. The minimum Gasteiger partial charge on any atom is -0.316 e. The number of anilines is 1. The minimum absolute atomic E-state index is 0.0606. The summed E-state index contributed by atoms with van der Waals surface area (Å²) in [5.41, 5.74) is -1.14. The number of carbonyl (C=O) groups excluding carboxylic acids is 1. The van der Waals surface area contributed by atoms with Crippen molar-refractivity contribution in [3.8, 4) is 0 Å². The fourth-order valence-electron chi connectivity index (χ4n) is 1.85. The Morgan fingerprint density at radius 3 is 2.50 bits per heavy atom. The predicted molar refractivity (Wildman–Crippen MR) is 73.0 cm³/mol. The predicted octanol–water partition coefficient (Wildman–Crippen LogP) is 1.83. The Balaban J connectivity index is 1.94. The summed E-state index contributed by atoms with van der Waals surface area (Å²) in [5, 5.41) is 5.40. The number of amides is 1. The van der Waals surface area contributed by atoms with E-state index in [-0.39, 0.29) is 11.3 Å². The van der Waals surface area contributed by atoms with Crippen LogP contribution >= 0.6 is 0 Å². The van der Waals surface area contributed by atoms with E-state index in [0.717, 1.165) is 18.3 Å². The molecule has 124 valence electrons. The first kappa shape index (κ1) is 15.6. The number of H-pyrrole nitrogens is 1. The van der Waals surface area contributed by atoms with Gasteiger partial charge >= 0.3 is 6.18 Å². The highest BCUT2D eigenvalue weighted by molar-refractivity contribution is 6.04. The normalized spacial score (nSPS) is 11.7. The Morgan fingerprint density at radius 2 is 1.88 bits per heavy atom. The smallest absolute Gasteiger partial charge is 0.316 e. The lowest BCUT2D eigenvalue weighted by atomic mass is 10.2. The van der Waals surface area contributed by atoms with E-state index in [1.165, 1.54) is 12.1 Å². The van der Waals surface area contributed by atoms with Crippen LogP contribution in [0.2, 0.25) is 0 Å². The van der Waals surface area contributed by atoms with Crippen molar-refractivity contribution in [3.05, 3.63) is 58.0 Å². The van der Waals surface area contributed by atoms with Gasteiger partial charge in [-0.25, -0.2) is 8.91 Å². The van der Waals surface area contributed by atoms with Crippen LogP contribution in [0.5, 0.6) is 0 Å². The summed E-state index contributed by atoms with van der Waals surface area (Å²) in [4.78, 5) is 29.0. The van der Waals surface area contributed by atoms with Crippen LogP contribution in [0.15, 0.2) is 35.3 Å². The zero-order chi connectivity index (χ0) is 17.5. The summed E-state index contributed by atoms with van der Waals surface area (Å²) in [7, 11) is 0. The highest BCUT2D eigenvalue weighted by atomic mass is 19.4. The number of fused-ring (bicyclic) bond motifs is 1. The van der Waals surface area contributed by atoms with Crippen molar-refractivity contribution in [1.82, 2.24) is 19.6 Å². The van der Waals surface area contributed by atoms with Crippen molar-refractivity contribution in [2.24, 2.45) is 0 Å². The highest BCUT2D eigenvalue weighted by Gasteiger charge is 2.36. The van der Waals surface area contributed by atoms with Gasteiger partial charge in [0.1, 0.15) is 11.5 Å². The van der Waals surface area contributed by atoms with Gasteiger partial charge in [-0.15, -0.1) is 5.10 Å². The molecule has 3 rings (SSSR count). The SMILES string of the molecule is O=C(Nc1cn2nc(C(F)(F)F)nc2[nH]c1=O)c1ccc(F)cc1. The molecular weight excluding hydrogens is 334 g/mol. The van der Waals surface area contributed by atoms with E-state index in [0.29, 0.717) is 4.52 Å². The molecule has 3 aromatic rings. The van der Waals surface area contributed by atoms with E-state index in [4.69, 9.17) is 0 Å². The number of aromatic nitrogens is 4. The second kappa shape index (κ2) is 5.44. The monoisotopic (exact) mass is 341 g/mol. The third-order valence-electron chi connectivity index (χ3n) is 2.96. The molecule has 0 atom stereocenters. The van der Waals surface area contributed by atoms with Gasteiger partial charge in [0.2, 0.25) is 5.78 Å². The molecule has 0 radical (unpaired) electrons. The number of halogens is 4. The standard InChI is InChI=1S/C13H7F4N5O2/c14-7-3-1-6(2-4-7)9(23)18-8-5-22-12(19-10(8)24)20-11(21-22)13(15,16)17/h1-5H,(H,18,23)(H,19,20,21,24). The fourth-order valence-corrected chi connectivity index (χ4v) is 1.85. The van der Waals surface area contributed by atoms with Crippen molar-refractivity contribution in [1.29, 1.82) is 0 Å². The van der Waals surface area contributed by atoms with Crippen LogP contribution in [0.25, 0.3) is 5.78 Å². The molecule has 7 nitrogen and oxygen atoms in total. The van der Waals surface area contributed by atoms with Crippen LogP contribution in [0, 0.1) is 5.82 Å². The molecule has 2 N–H and O–H groups in total. The van der Waals surface area contributed by atoms with Gasteiger partial charge in [-0.05, 0) is 24.3 Å². The minimum atomic E-state index is -4.78. The van der Waals surface area contributed by atoms with Crippen LogP contribution in [0.1, 0.15) is 16.2 Å². The lowest BCUT2D eigenvalue weighted by Gasteiger charge is -2.04.